The number of carbonyl (C=O) groups is 3. The van der Waals surface area contributed by atoms with E-state index in [2.05, 4.69) is 13.2 Å². The minimum atomic E-state index is -1.13. The Balaban J connectivity index is 1.60. The van der Waals surface area contributed by atoms with E-state index in [1.165, 1.54) is 0 Å². The highest BCUT2D eigenvalue weighted by Crippen LogP contribution is 2.64. The van der Waals surface area contributed by atoms with E-state index in [9.17, 15) is 19.5 Å². The smallest absolute Gasteiger partial charge is 0.248 e. The predicted molar refractivity (Wildman–Crippen MR) is 166 cm³/mol. The van der Waals surface area contributed by atoms with Gasteiger partial charge in [-0.3, -0.25) is 14.4 Å². The van der Waals surface area contributed by atoms with Crippen LogP contribution in [0.2, 0.25) is 0 Å². The highest BCUT2D eigenvalue weighted by Gasteiger charge is 2.79. The van der Waals surface area contributed by atoms with Gasteiger partial charge in [-0.2, -0.15) is 0 Å². The van der Waals surface area contributed by atoms with Crippen molar-refractivity contribution in [2.45, 2.75) is 101 Å². The van der Waals surface area contributed by atoms with Gasteiger partial charge in [-0.1, -0.05) is 68.7 Å². The summed E-state index contributed by atoms with van der Waals surface area (Å²) in [5, 5.41) is 10.8. The molecule has 43 heavy (non-hydrogen) atoms. The van der Waals surface area contributed by atoms with Crippen LogP contribution in [0.1, 0.15) is 70.8 Å². The number of aliphatic hydroxyl groups excluding tert-OH is 1. The van der Waals surface area contributed by atoms with Crippen molar-refractivity contribution in [3.05, 3.63) is 61.2 Å². The number of carbonyl (C=O) groups excluding carboxylic acids is 3. The molecule has 3 aliphatic heterocycles. The molecule has 1 aromatic carbocycles. The van der Waals surface area contributed by atoms with Crippen molar-refractivity contribution < 1.29 is 24.2 Å². The molecule has 1 spiro atoms. The third kappa shape index (κ3) is 5.46. The van der Waals surface area contributed by atoms with Crippen molar-refractivity contribution in [1.29, 1.82) is 0 Å². The van der Waals surface area contributed by atoms with Crippen molar-refractivity contribution in [2.24, 2.45) is 11.8 Å². The molecule has 1 aromatic rings. The van der Waals surface area contributed by atoms with Crippen LogP contribution in [0.5, 0.6) is 0 Å². The molecule has 5 rings (SSSR count). The molecule has 0 radical (unpaired) electrons. The van der Waals surface area contributed by atoms with Gasteiger partial charge >= 0.3 is 0 Å². The summed E-state index contributed by atoms with van der Waals surface area (Å²) in [7, 11) is 0. The summed E-state index contributed by atoms with van der Waals surface area (Å²) in [5.74, 6) is -2.02. The molecule has 4 aliphatic rings. The highest BCUT2D eigenvalue weighted by molar-refractivity contribution is 5.99. The van der Waals surface area contributed by atoms with E-state index in [-0.39, 0.29) is 30.4 Å². The molecule has 2 bridgehead atoms. The Morgan fingerprint density at radius 3 is 2.42 bits per heavy atom. The van der Waals surface area contributed by atoms with Crippen LogP contribution < -0.4 is 0 Å². The Hall–Kier alpha value is -2.97. The van der Waals surface area contributed by atoms with Crippen molar-refractivity contribution >= 4 is 17.7 Å². The van der Waals surface area contributed by atoms with Gasteiger partial charge in [0.25, 0.3) is 0 Å². The van der Waals surface area contributed by atoms with E-state index in [0.717, 1.165) is 44.1 Å². The fourth-order valence-electron chi connectivity index (χ4n) is 8.57. The number of aliphatic hydroxyl groups is 1. The standard InChI is InChI=1S/C35H49N3O5/c1-5-20-36(21-6-2)31(40)28-29-32(41)38(27(24-39)23-25-14-10-8-11-15-25)30(35(29)19-18-34(28,4)43-35)33(42)37(22-7-3)26-16-12-9-13-17-26/h5,7-8,10-11,14-15,26-30,39H,1,3,6,9,12-13,16-24H2,2,4H3/t27-,28+,29+,30?,34-,35?/m1/s1. The number of rotatable bonds is 13. The number of likely N-dealkylation sites (tertiary alicyclic amines) is 1. The van der Waals surface area contributed by atoms with Gasteiger partial charge in [0, 0.05) is 25.7 Å². The second-order valence-electron chi connectivity index (χ2n) is 13.1. The van der Waals surface area contributed by atoms with Crippen LogP contribution in [0.15, 0.2) is 55.6 Å². The highest BCUT2D eigenvalue weighted by atomic mass is 16.5. The van der Waals surface area contributed by atoms with E-state index in [1.54, 1.807) is 22.0 Å². The molecule has 1 saturated carbocycles. The molecule has 6 atom stereocenters. The average Bonchev–Trinajstić information content (AvgIpc) is 3.59. The summed E-state index contributed by atoms with van der Waals surface area (Å²) >= 11 is 0. The summed E-state index contributed by atoms with van der Waals surface area (Å²) in [4.78, 5) is 49.3. The Kier molecular flexibility index (Phi) is 9.47. The quantitative estimate of drug-likeness (QED) is 0.349. The molecular formula is C35H49N3O5. The summed E-state index contributed by atoms with van der Waals surface area (Å²) < 4.78 is 6.92. The number of amides is 3. The van der Waals surface area contributed by atoms with Crippen molar-refractivity contribution in [2.75, 3.05) is 26.2 Å². The van der Waals surface area contributed by atoms with Crippen LogP contribution in [-0.2, 0) is 25.5 Å². The van der Waals surface area contributed by atoms with E-state index in [1.807, 2.05) is 49.1 Å². The molecule has 3 heterocycles. The summed E-state index contributed by atoms with van der Waals surface area (Å²) in [6, 6.07) is 8.24. The maximum atomic E-state index is 14.9. The van der Waals surface area contributed by atoms with E-state index >= 15 is 0 Å². The Labute approximate surface area is 256 Å². The lowest BCUT2D eigenvalue weighted by Gasteiger charge is -2.42. The number of nitrogens with zero attached hydrogens (tertiary/aromatic N) is 3. The lowest BCUT2D eigenvalue weighted by Crippen LogP contribution is -2.60. The van der Waals surface area contributed by atoms with E-state index in [0.29, 0.717) is 38.9 Å². The first-order chi connectivity index (χ1) is 20.8. The van der Waals surface area contributed by atoms with Gasteiger partial charge in [-0.05, 0) is 51.0 Å². The zero-order valence-corrected chi connectivity index (χ0v) is 26.0. The molecular weight excluding hydrogens is 542 g/mol. The van der Waals surface area contributed by atoms with Gasteiger partial charge in [-0.15, -0.1) is 13.2 Å². The van der Waals surface area contributed by atoms with Crippen molar-refractivity contribution in [3.8, 4) is 0 Å². The molecule has 2 unspecified atom stereocenters. The second-order valence-corrected chi connectivity index (χ2v) is 13.1. The molecule has 0 aromatic heterocycles. The minimum absolute atomic E-state index is 0.0626. The number of benzene rings is 1. The number of ether oxygens (including phenoxy) is 1. The zero-order chi connectivity index (χ0) is 30.8. The first kappa shape index (κ1) is 31.5. The molecule has 4 fully saturated rings. The molecule has 8 heteroatoms. The number of fused-ring (bicyclic) bond motifs is 1. The number of hydrogen-bond donors (Lipinski definition) is 1. The van der Waals surface area contributed by atoms with Gasteiger partial charge in [0.1, 0.15) is 11.6 Å². The first-order valence-corrected chi connectivity index (χ1v) is 16.2. The molecule has 8 nitrogen and oxygen atoms in total. The lowest BCUT2D eigenvalue weighted by atomic mass is 9.66. The Morgan fingerprint density at radius 2 is 1.79 bits per heavy atom. The van der Waals surface area contributed by atoms with Crippen LogP contribution in [0, 0.1) is 11.8 Å². The summed E-state index contributed by atoms with van der Waals surface area (Å²) in [5.41, 5.74) is -1.01. The number of hydrogen-bond acceptors (Lipinski definition) is 5. The van der Waals surface area contributed by atoms with E-state index in [4.69, 9.17) is 4.74 Å². The maximum absolute atomic E-state index is 14.9. The fourth-order valence-corrected chi connectivity index (χ4v) is 8.57. The summed E-state index contributed by atoms with van der Waals surface area (Å²) in [6.45, 7) is 12.8. The molecule has 1 N–H and O–H groups in total. The second kappa shape index (κ2) is 12.9. The third-order valence-electron chi connectivity index (χ3n) is 10.4. The molecule has 3 amide bonds. The predicted octanol–water partition coefficient (Wildman–Crippen LogP) is 4.13. The topological polar surface area (TPSA) is 90.4 Å². The van der Waals surface area contributed by atoms with Gasteiger partial charge in [0.05, 0.1) is 30.1 Å². The van der Waals surface area contributed by atoms with Crippen LogP contribution in [0.4, 0.5) is 0 Å². The minimum Gasteiger partial charge on any atom is -0.394 e. The average molecular weight is 592 g/mol. The fraction of sp³-hybridized carbons (Fsp3) is 0.629. The monoisotopic (exact) mass is 591 g/mol. The molecule has 3 saturated heterocycles. The Bertz CT molecular complexity index is 1200. The molecule has 234 valence electrons. The normalized spacial score (nSPS) is 30.6. The van der Waals surface area contributed by atoms with Crippen LogP contribution in [-0.4, -0.2) is 93.1 Å². The van der Waals surface area contributed by atoms with Crippen LogP contribution in [0.25, 0.3) is 0 Å². The summed E-state index contributed by atoms with van der Waals surface area (Å²) in [6.07, 6.45) is 10.9. The van der Waals surface area contributed by atoms with Gasteiger partial charge in [-0.25, -0.2) is 0 Å². The first-order valence-electron chi connectivity index (χ1n) is 16.2. The van der Waals surface area contributed by atoms with Crippen LogP contribution in [0.3, 0.4) is 0 Å². The largest absolute Gasteiger partial charge is 0.394 e. The molecule has 1 aliphatic carbocycles. The van der Waals surface area contributed by atoms with E-state index < -0.39 is 35.1 Å². The van der Waals surface area contributed by atoms with Crippen molar-refractivity contribution in [1.82, 2.24) is 14.7 Å². The third-order valence-corrected chi connectivity index (χ3v) is 10.4. The van der Waals surface area contributed by atoms with Gasteiger partial charge in [0.2, 0.25) is 17.7 Å². The SMILES string of the molecule is C=CCN(CCC)C(=O)[C@@H]1[C@H]2C(=O)N([C@@H](CO)Cc3ccccc3)C(C(=O)N(CC=C)C3CCCCC3)C23CC[C@@]1(C)O3. The Morgan fingerprint density at radius 1 is 1.09 bits per heavy atom. The lowest BCUT2D eigenvalue weighted by molar-refractivity contribution is -0.158. The maximum Gasteiger partial charge on any atom is 0.248 e. The zero-order valence-electron chi connectivity index (χ0n) is 26.0. The van der Waals surface area contributed by atoms with Gasteiger partial charge in [0.15, 0.2) is 0 Å². The van der Waals surface area contributed by atoms with Crippen molar-refractivity contribution in [3.63, 3.8) is 0 Å². The van der Waals surface area contributed by atoms with Crippen LogP contribution >= 0.6 is 0 Å². The van der Waals surface area contributed by atoms with Gasteiger partial charge < -0.3 is 24.5 Å².